The van der Waals surface area contributed by atoms with E-state index in [4.69, 9.17) is 4.74 Å². The molecule has 2 N–H and O–H groups in total. The van der Waals surface area contributed by atoms with Gasteiger partial charge < -0.3 is 15.4 Å². The van der Waals surface area contributed by atoms with E-state index in [2.05, 4.69) is 10.6 Å². The van der Waals surface area contributed by atoms with Crippen molar-refractivity contribution in [2.45, 2.75) is 30.6 Å². The summed E-state index contributed by atoms with van der Waals surface area (Å²) < 4.78 is 31.7. The SMILES string of the molecule is CCOC(=O)c1ccc(NC(=O)C(CS(=O)(=O)c2ccc3c(c2)CCC(=O)N3)c2ccccc2)cc1. The second kappa shape index (κ2) is 10.7. The second-order valence-electron chi connectivity index (χ2n) is 8.40. The number of hydrogen-bond acceptors (Lipinski definition) is 6. The van der Waals surface area contributed by atoms with E-state index in [1.54, 1.807) is 61.5 Å². The highest BCUT2D eigenvalue weighted by Gasteiger charge is 2.29. The van der Waals surface area contributed by atoms with E-state index in [1.807, 2.05) is 0 Å². The van der Waals surface area contributed by atoms with E-state index in [9.17, 15) is 22.8 Å². The topological polar surface area (TPSA) is 119 Å². The molecular weight excluding hydrogens is 480 g/mol. The fourth-order valence-electron chi connectivity index (χ4n) is 4.01. The number of benzene rings is 3. The molecule has 0 saturated carbocycles. The third-order valence-electron chi connectivity index (χ3n) is 5.90. The number of ether oxygens (including phenoxy) is 1. The maximum Gasteiger partial charge on any atom is 0.338 e. The molecule has 0 saturated heterocycles. The molecule has 3 aromatic carbocycles. The van der Waals surface area contributed by atoms with Gasteiger partial charge in [0, 0.05) is 17.8 Å². The van der Waals surface area contributed by atoms with Crippen LogP contribution in [0.2, 0.25) is 0 Å². The van der Waals surface area contributed by atoms with Crippen molar-refractivity contribution in [2.24, 2.45) is 0 Å². The molecule has 0 bridgehead atoms. The molecule has 0 fully saturated rings. The van der Waals surface area contributed by atoms with E-state index in [0.717, 1.165) is 5.56 Å². The van der Waals surface area contributed by atoms with Crippen LogP contribution in [0.3, 0.4) is 0 Å². The molecule has 8 nitrogen and oxygen atoms in total. The molecule has 0 radical (unpaired) electrons. The van der Waals surface area contributed by atoms with Crippen LogP contribution in [-0.2, 0) is 30.6 Å². The number of aryl methyl sites for hydroxylation is 1. The van der Waals surface area contributed by atoms with Gasteiger partial charge in [0.2, 0.25) is 11.8 Å². The number of hydrogen-bond donors (Lipinski definition) is 2. The quantitative estimate of drug-likeness (QED) is 0.447. The Morgan fingerprint density at radius 3 is 2.42 bits per heavy atom. The molecule has 0 spiro atoms. The number of carbonyl (C=O) groups is 3. The van der Waals surface area contributed by atoms with E-state index in [-0.39, 0.29) is 17.4 Å². The lowest BCUT2D eigenvalue weighted by molar-refractivity contribution is -0.117. The molecule has 1 aliphatic heterocycles. The van der Waals surface area contributed by atoms with Crippen molar-refractivity contribution in [3.63, 3.8) is 0 Å². The predicted molar refractivity (Wildman–Crippen MR) is 136 cm³/mol. The minimum absolute atomic E-state index is 0.102. The largest absolute Gasteiger partial charge is 0.462 e. The maximum atomic E-state index is 13.4. The Bertz CT molecular complexity index is 1390. The number of anilines is 2. The standard InChI is InChI=1S/C27H26N2O6S/c1-2-35-27(32)19-8-11-21(12-9-19)28-26(31)23(18-6-4-3-5-7-18)17-36(33,34)22-13-14-24-20(16-22)10-15-25(30)29-24/h3-9,11-14,16,23H,2,10,15,17H2,1H3,(H,28,31)(H,29,30). The van der Waals surface area contributed by atoms with Crippen molar-refractivity contribution < 1.29 is 27.5 Å². The number of nitrogens with one attached hydrogen (secondary N) is 2. The summed E-state index contributed by atoms with van der Waals surface area (Å²) in [5.74, 6) is -2.47. The number of amides is 2. The Labute approximate surface area is 209 Å². The molecule has 1 unspecified atom stereocenters. The summed E-state index contributed by atoms with van der Waals surface area (Å²) in [5, 5.41) is 5.51. The lowest BCUT2D eigenvalue weighted by atomic mass is 10.00. The van der Waals surface area contributed by atoms with Crippen molar-refractivity contribution in [1.29, 1.82) is 0 Å². The molecule has 186 valence electrons. The Balaban J connectivity index is 1.57. The minimum Gasteiger partial charge on any atom is -0.462 e. The zero-order valence-electron chi connectivity index (χ0n) is 19.7. The first-order valence-corrected chi connectivity index (χ1v) is 13.2. The summed E-state index contributed by atoms with van der Waals surface area (Å²) in [5.41, 5.74) is 2.69. The van der Waals surface area contributed by atoms with Gasteiger partial charge in [0.1, 0.15) is 0 Å². The van der Waals surface area contributed by atoms with Crippen molar-refractivity contribution >= 4 is 39.0 Å². The van der Waals surface area contributed by atoms with E-state index in [1.165, 1.54) is 18.2 Å². The predicted octanol–water partition coefficient (Wildman–Crippen LogP) is 3.94. The number of esters is 1. The van der Waals surface area contributed by atoms with Crippen LogP contribution >= 0.6 is 0 Å². The van der Waals surface area contributed by atoms with Crippen molar-refractivity contribution in [3.05, 3.63) is 89.5 Å². The molecule has 1 heterocycles. The normalized spacial score (nSPS) is 13.8. The van der Waals surface area contributed by atoms with Gasteiger partial charge in [-0.3, -0.25) is 9.59 Å². The highest BCUT2D eigenvalue weighted by atomic mass is 32.2. The van der Waals surface area contributed by atoms with Gasteiger partial charge in [0.25, 0.3) is 0 Å². The number of carbonyl (C=O) groups excluding carboxylic acids is 3. The van der Waals surface area contributed by atoms with Crippen LogP contribution in [0, 0.1) is 0 Å². The van der Waals surface area contributed by atoms with Crippen LogP contribution in [-0.4, -0.2) is 38.6 Å². The van der Waals surface area contributed by atoms with Crippen LogP contribution in [0.4, 0.5) is 11.4 Å². The summed E-state index contributed by atoms with van der Waals surface area (Å²) >= 11 is 0. The second-order valence-corrected chi connectivity index (χ2v) is 10.4. The Morgan fingerprint density at radius 1 is 1.00 bits per heavy atom. The summed E-state index contributed by atoms with van der Waals surface area (Å²) in [6, 6.07) is 19.5. The molecule has 1 aliphatic rings. The Morgan fingerprint density at radius 2 is 1.72 bits per heavy atom. The first kappa shape index (κ1) is 25.1. The fraction of sp³-hybridized carbons (Fsp3) is 0.222. The van der Waals surface area contributed by atoms with Crippen molar-refractivity contribution in [3.8, 4) is 0 Å². The Hall–Kier alpha value is -3.98. The monoisotopic (exact) mass is 506 g/mol. The molecule has 3 aromatic rings. The van der Waals surface area contributed by atoms with Gasteiger partial charge in [0.05, 0.1) is 28.7 Å². The first-order chi connectivity index (χ1) is 17.3. The van der Waals surface area contributed by atoms with Crippen LogP contribution in [0.5, 0.6) is 0 Å². The molecule has 4 rings (SSSR count). The van der Waals surface area contributed by atoms with Gasteiger partial charge in [-0.2, -0.15) is 0 Å². The lowest BCUT2D eigenvalue weighted by Gasteiger charge is -2.20. The van der Waals surface area contributed by atoms with Gasteiger partial charge in [0.15, 0.2) is 9.84 Å². The number of fused-ring (bicyclic) bond motifs is 1. The minimum atomic E-state index is -3.85. The molecular formula is C27H26N2O6S. The van der Waals surface area contributed by atoms with Crippen LogP contribution in [0.25, 0.3) is 0 Å². The van der Waals surface area contributed by atoms with Gasteiger partial charge in [-0.25, -0.2) is 13.2 Å². The van der Waals surface area contributed by atoms with Crippen LogP contribution in [0.1, 0.15) is 40.7 Å². The first-order valence-electron chi connectivity index (χ1n) is 11.6. The molecule has 9 heteroatoms. The third-order valence-corrected chi connectivity index (χ3v) is 7.64. The summed E-state index contributed by atoms with van der Waals surface area (Å²) in [6.45, 7) is 1.97. The zero-order valence-corrected chi connectivity index (χ0v) is 20.5. The smallest absolute Gasteiger partial charge is 0.338 e. The average Bonchev–Trinajstić information content (AvgIpc) is 2.88. The number of sulfone groups is 1. The average molecular weight is 507 g/mol. The van der Waals surface area contributed by atoms with Crippen LogP contribution < -0.4 is 10.6 Å². The van der Waals surface area contributed by atoms with Gasteiger partial charge >= 0.3 is 5.97 Å². The summed E-state index contributed by atoms with van der Waals surface area (Å²) in [7, 11) is -3.85. The van der Waals surface area contributed by atoms with Gasteiger partial charge in [-0.05, 0) is 66.9 Å². The third kappa shape index (κ3) is 5.80. The molecule has 0 aromatic heterocycles. The van der Waals surface area contributed by atoms with Crippen molar-refractivity contribution in [1.82, 2.24) is 0 Å². The highest BCUT2D eigenvalue weighted by Crippen LogP contribution is 2.29. The van der Waals surface area contributed by atoms with Crippen LogP contribution in [0.15, 0.2) is 77.7 Å². The molecule has 2 amide bonds. The van der Waals surface area contributed by atoms with Gasteiger partial charge in [-0.1, -0.05) is 30.3 Å². The van der Waals surface area contributed by atoms with E-state index in [0.29, 0.717) is 35.3 Å². The van der Waals surface area contributed by atoms with Gasteiger partial charge in [-0.15, -0.1) is 0 Å². The lowest BCUT2D eigenvalue weighted by Crippen LogP contribution is -2.28. The van der Waals surface area contributed by atoms with E-state index < -0.39 is 33.4 Å². The zero-order chi connectivity index (χ0) is 25.7. The molecule has 0 aliphatic carbocycles. The Kier molecular flexibility index (Phi) is 7.49. The maximum absolute atomic E-state index is 13.4. The molecule has 1 atom stereocenters. The fourth-order valence-corrected chi connectivity index (χ4v) is 5.58. The highest BCUT2D eigenvalue weighted by molar-refractivity contribution is 7.91. The van der Waals surface area contributed by atoms with E-state index >= 15 is 0 Å². The van der Waals surface area contributed by atoms with Crippen molar-refractivity contribution in [2.75, 3.05) is 23.0 Å². The summed E-state index contributed by atoms with van der Waals surface area (Å²) in [6.07, 6.45) is 0.745. The number of rotatable bonds is 8. The molecule has 36 heavy (non-hydrogen) atoms. The summed E-state index contributed by atoms with van der Waals surface area (Å²) in [4.78, 5) is 36.9.